The highest BCUT2D eigenvalue weighted by atomic mass is 16.3. The van der Waals surface area contributed by atoms with E-state index in [0.29, 0.717) is 0 Å². The number of carbonyl (C=O) groups is 2. The number of aliphatic hydroxyl groups excluding tert-OH is 2. The molecule has 13 heavy (non-hydrogen) atoms. The van der Waals surface area contributed by atoms with E-state index in [9.17, 15) is 9.59 Å². The second-order valence-electron chi connectivity index (χ2n) is 3.10. The Labute approximate surface area is 75.5 Å². The van der Waals surface area contributed by atoms with Gasteiger partial charge < -0.3 is 21.7 Å². The molecule has 0 aromatic carbocycles. The molecule has 0 fully saturated rings. The number of aliphatic hydroxyl groups is 2. The van der Waals surface area contributed by atoms with Crippen molar-refractivity contribution in [2.45, 2.75) is 12.8 Å². The molecule has 0 aliphatic rings. The highest BCUT2D eigenvalue weighted by Crippen LogP contribution is 2.24. The lowest BCUT2D eigenvalue weighted by atomic mass is 9.82. The molecule has 0 aliphatic heterocycles. The van der Waals surface area contributed by atoms with Crippen molar-refractivity contribution in [2.75, 3.05) is 13.2 Å². The van der Waals surface area contributed by atoms with Crippen LogP contribution in [0, 0.1) is 5.41 Å². The molecule has 0 unspecified atom stereocenters. The summed E-state index contributed by atoms with van der Waals surface area (Å²) in [6.45, 7) is -1.01. The SMILES string of the molecule is NC(=O)CC(CO)(CO)CC(N)=O. The number of rotatable bonds is 6. The van der Waals surface area contributed by atoms with Crippen LogP contribution in [0.2, 0.25) is 0 Å². The van der Waals surface area contributed by atoms with Crippen LogP contribution in [0.15, 0.2) is 0 Å². The molecule has 6 nitrogen and oxygen atoms in total. The normalized spacial score (nSPS) is 11.2. The van der Waals surface area contributed by atoms with E-state index in [2.05, 4.69) is 0 Å². The van der Waals surface area contributed by atoms with Gasteiger partial charge in [-0.25, -0.2) is 0 Å². The fraction of sp³-hybridized carbons (Fsp3) is 0.714. The molecule has 0 aromatic heterocycles. The standard InChI is InChI=1S/C7H14N2O4/c8-5(12)1-7(3-10,4-11)2-6(9)13/h10-11H,1-4H2,(H2,8,12)(H2,9,13). The fourth-order valence-electron chi connectivity index (χ4n) is 1.08. The zero-order valence-electron chi connectivity index (χ0n) is 7.19. The first kappa shape index (κ1) is 11.9. The summed E-state index contributed by atoms with van der Waals surface area (Å²) in [6, 6.07) is 0. The molecule has 0 saturated carbocycles. The smallest absolute Gasteiger partial charge is 0.218 e. The number of primary amides is 2. The fourth-order valence-corrected chi connectivity index (χ4v) is 1.08. The lowest BCUT2D eigenvalue weighted by molar-refractivity contribution is -0.126. The van der Waals surface area contributed by atoms with E-state index in [4.69, 9.17) is 21.7 Å². The molecule has 0 spiro atoms. The van der Waals surface area contributed by atoms with Crippen LogP contribution in [0.3, 0.4) is 0 Å². The van der Waals surface area contributed by atoms with Crippen LogP contribution in [0.5, 0.6) is 0 Å². The van der Waals surface area contributed by atoms with E-state index < -0.39 is 30.4 Å². The van der Waals surface area contributed by atoms with Crippen LogP contribution in [0.1, 0.15) is 12.8 Å². The Morgan fingerprint density at radius 3 is 1.46 bits per heavy atom. The van der Waals surface area contributed by atoms with Gasteiger partial charge in [0.15, 0.2) is 0 Å². The average molecular weight is 190 g/mol. The van der Waals surface area contributed by atoms with Crippen LogP contribution in [0.25, 0.3) is 0 Å². The Hall–Kier alpha value is -1.14. The van der Waals surface area contributed by atoms with E-state index >= 15 is 0 Å². The van der Waals surface area contributed by atoms with Crippen molar-refractivity contribution in [2.24, 2.45) is 16.9 Å². The third-order valence-electron chi connectivity index (χ3n) is 1.77. The zero-order valence-corrected chi connectivity index (χ0v) is 7.19. The minimum atomic E-state index is -1.21. The van der Waals surface area contributed by atoms with E-state index in [-0.39, 0.29) is 12.8 Å². The molecule has 6 N–H and O–H groups in total. The number of amides is 2. The van der Waals surface area contributed by atoms with Crippen molar-refractivity contribution in [3.63, 3.8) is 0 Å². The third kappa shape index (κ3) is 3.86. The number of hydrogen-bond acceptors (Lipinski definition) is 4. The Kier molecular flexibility index (Phi) is 4.36. The number of hydrogen-bond donors (Lipinski definition) is 4. The van der Waals surface area contributed by atoms with Gasteiger partial charge in [0.2, 0.25) is 11.8 Å². The molecule has 0 atom stereocenters. The van der Waals surface area contributed by atoms with Gasteiger partial charge in [0.25, 0.3) is 0 Å². The van der Waals surface area contributed by atoms with Crippen molar-refractivity contribution in [3.05, 3.63) is 0 Å². The minimum absolute atomic E-state index is 0.261. The minimum Gasteiger partial charge on any atom is -0.396 e. The summed E-state index contributed by atoms with van der Waals surface area (Å²) in [6.07, 6.45) is -0.522. The molecule has 0 saturated heterocycles. The van der Waals surface area contributed by atoms with Gasteiger partial charge in [0, 0.05) is 18.3 Å². The summed E-state index contributed by atoms with van der Waals surface area (Å²) in [5.41, 5.74) is 8.57. The largest absolute Gasteiger partial charge is 0.396 e. The first-order valence-electron chi connectivity index (χ1n) is 3.74. The van der Waals surface area contributed by atoms with Gasteiger partial charge in [-0.2, -0.15) is 0 Å². The predicted molar refractivity (Wildman–Crippen MR) is 44.2 cm³/mol. The maximum Gasteiger partial charge on any atom is 0.218 e. The van der Waals surface area contributed by atoms with Gasteiger partial charge in [-0.15, -0.1) is 0 Å². The van der Waals surface area contributed by atoms with E-state index in [1.165, 1.54) is 0 Å². The Morgan fingerprint density at radius 1 is 1.00 bits per heavy atom. The molecule has 6 heteroatoms. The predicted octanol–water partition coefficient (Wildman–Crippen LogP) is -2.29. The first-order chi connectivity index (χ1) is 5.95. The van der Waals surface area contributed by atoms with Crippen molar-refractivity contribution >= 4 is 11.8 Å². The van der Waals surface area contributed by atoms with Crippen molar-refractivity contribution in [1.29, 1.82) is 0 Å². The van der Waals surface area contributed by atoms with Crippen molar-refractivity contribution in [1.82, 2.24) is 0 Å². The van der Waals surface area contributed by atoms with E-state index in [0.717, 1.165) is 0 Å². The molecule has 2 amide bonds. The summed E-state index contributed by atoms with van der Waals surface area (Å²) in [4.78, 5) is 21.1. The lowest BCUT2D eigenvalue weighted by Crippen LogP contribution is -2.38. The Balaban J connectivity index is 4.48. The van der Waals surface area contributed by atoms with E-state index in [1.807, 2.05) is 0 Å². The molecule has 0 radical (unpaired) electrons. The summed E-state index contributed by atoms with van der Waals surface area (Å²) in [5.74, 6) is -1.38. The summed E-state index contributed by atoms with van der Waals surface area (Å²) in [7, 11) is 0. The van der Waals surface area contributed by atoms with E-state index in [1.54, 1.807) is 0 Å². The first-order valence-corrected chi connectivity index (χ1v) is 3.74. The Bertz CT molecular complexity index is 183. The molecule has 0 heterocycles. The topological polar surface area (TPSA) is 127 Å². The van der Waals surface area contributed by atoms with Crippen LogP contribution >= 0.6 is 0 Å². The second kappa shape index (κ2) is 4.78. The van der Waals surface area contributed by atoms with Gasteiger partial charge >= 0.3 is 0 Å². The average Bonchev–Trinajstić information content (AvgIpc) is 2.01. The highest BCUT2D eigenvalue weighted by Gasteiger charge is 2.32. The summed E-state index contributed by atoms with van der Waals surface area (Å²) < 4.78 is 0. The van der Waals surface area contributed by atoms with Crippen LogP contribution in [0.4, 0.5) is 0 Å². The molecule has 0 bridgehead atoms. The van der Waals surface area contributed by atoms with Crippen LogP contribution < -0.4 is 11.5 Å². The van der Waals surface area contributed by atoms with Crippen LogP contribution in [-0.4, -0.2) is 35.2 Å². The third-order valence-corrected chi connectivity index (χ3v) is 1.77. The molecule has 76 valence electrons. The summed E-state index contributed by atoms with van der Waals surface area (Å²) in [5, 5.41) is 17.8. The maximum atomic E-state index is 10.6. The maximum absolute atomic E-state index is 10.6. The molecular formula is C7H14N2O4. The van der Waals surface area contributed by atoms with Crippen molar-refractivity contribution < 1.29 is 19.8 Å². The zero-order chi connectivity index (χ0) is 10.5. The summed E-state index contributed by atoms with van der Waals surface area (Å²) >= 11 is 0. The van der Waals surface area contributed by atoms with Crippen LogP contribution in [-0.2, 0) is 9.59 Å². The molecule has 0 aliphatic carbocycles. The van der Waals surface area contributed by atoms with Gasteiger partial charge in [0.05, 0.1) is 13.2 Å². The molecule has 0 rings (SSSR count). The van der Waals surface area contributed by atoms with Gasteiger partial charge in [0.1, 0.15) is 0 Å². The number of carbonyl (C=O) groups excluding carboxylic acids is 2. The molecule has 0 aromatic rings. The monoisotopic (exact) mass is 190 g/mol. The molecular weight excluding hydrogens is 176 g/mol. The van der Waals surface area contributed by atoms with Gasteiger partial charge in [-0.05, 0) is 0 Å². The number of nitrogens with two attached hydrogens (primary N) is 2. The second-order valence-corrected chi connectivity index (χ2v) is 3.10. The quantitative estimate of drug-likeness (QED) is 0.376. The van der Waals surface area contributed by atoms with Crippen molar-refractivity contribution in [3.8, 4) is 0 Å². The van der Waals surface area contributed by atoms with Gasteiger partial charge in [-0.3, -0.25) is 9.59 Å². The lowest BCUT2D eigenvalue weighted by Gasteiger charge is -2.26. The highest BCUT2D eigenvalue weighted by molar-refractivity contribution is 5.78. The Morgan fingerprint density at radius 2 is 1.31 bits per heavy atom. The van der Waals surface area contributed by atoms with Gasteiger partial charge in [-0.1, -0.05) is 0 Å².